The van der Waals surface area contributed by atoms with E-state index in [1.807, 2.05) is 0 Å². The molecule has 0 aliphatic carbocycles. The van der Waals surface area contributed by atoms with Gasteiger partial charge in [-0.25, -0.2) is 0 Å². The fourth-order valence-corrected chi connectivity index (χ4v) is 1.77. The molecule has 1 heterocycles. The van der Waals surface area contributed by atoms with Crippen molar-refractivity contribution in [1.82, 2.24) is 14.8 Å². The molecule has 2 rings (SSSR count). The Bertz CT molecular complexity index is 532. The number of halogens is 2. The van der Waals surface area contributed by atoms with E-state index in [-0.39, 0.29) is 21.6 Å². The number of benzene rings is 1. The smallest absolute Gasteiger partial charge is 0.284 e. The molecular formula is C9H6Cl2N4O. The maximum absolute atomic E-state index is 12.0. The lowest BCUT2D eigenvalue weighted by molar-refractivity contribution is 0.0948. The molecule has 0 fully saturated rings. The van der Waals surface area contributed by atoms with Crippen molar-refractivity contribution in [3.63, 3.8) is 0 Å². The predicted octanol–water partition coefficient (Wildman–Crippen LogP) is 1.86. The summed E-state index contributed by atoms with van der Waals surface area (Å²) in [6.45, 7) is 0. The molecule has 0 aliphatic rings. The summed E-state index contributed by atoms with van der Waals surface area (Å²) in [5.41, 5.74) is 5.62. The van der Waals surface area contributed by atoms with Gasteiger partial charge in [0, 0.05) is 0 Å². The second-order valence-corrected chi connectivity index (χ2v) is 3.75. The van der Waals surface area contributed by atoms with E-state index < -0.39 is 5.91 Å². The number of hydrogen-bond acceptors (Lipinski definition) is 4. The van der Waals surface area contributed by atoms with Crippen LogP contribution in [-0.2, 0) is 0 Å². The average Bonchev–Trinajstić information content (AvgIpc) is 2.64. The number of aromatic nitrogens is 3. The minimum absolute atomic E-state index is 0.0130. The van der Waals surface area contributed by atoms with Gasteiger partial charge < -0.3 is 5.73 Å². The van der Waals surface area contributed by atoms with Crippen LogP contribution in [0.2, 0.25) is 10.0 Å². The number of anilines is 1. The third-order valence-corrected chi connectivity index (χ3v) is 2.57. The van der Waals surface area contributed by atoms with E-state index in [4.69, 9.17) is 28.9 Å². The van der Waals surface area contributed by atoms with Crippen LogP contribution in [0.5, 0.6) is 0 Å². The molecule has 1 aromatic heterocycles. The Kier molecular flexibility index (Phi) is 2.80. The van der Waals surface area contributed by atoms with E-state index in [1.54, 1.807) is 18.2 Å². The molecule has 2 N–H and O–H groups in total. The van der Waals surface area contributed by atoms with Gasteiger partial charge in [0.1, 0.15) is 6.33 Å². The second kappa shape index (κ2) is 4.11. The summed E-state index contributed by atoms with van der Waals surface area (Å²) >= 11 is 11.8. The molecule has 0 atom stereocenters. The van der Waals surface area contributed by atoms with Gasteiger partial charge in [-0.1, -0.05) is 29.3 Å². The number of carbonyl (C=O) groups is 1. The van der Waals surface area contributed by atoms with Gasteiger partial charge in [0.15, 0.2) is 0 Å². The maximum atomic E-state index is 12.0. The third kappa shape index (κ3) is 1.75. The van der Waals surface area contributed by atoms with Crippen molar-refractivity contribution in [3.05, 3.63) is 40.1 Å². The van der Waals surface area contributed by atoms with Crippen molar-refractivity contribution >= 4 is 35.1 Å². The molecule has 0 radical (unpaired) electrons. The molecule has 0 spiro atoms. The Morgan fingerprint density at radius 3 is 2.44 bits per heavy atom. The highest BCUT2D eigenvalue weighted by atomic mass is 35.5. The van der Waals surface area contributed by atoms with Crippen molar-refractivity contribution in [2.45, 2.75) is 0 Å². The fourth-order valence-electron chi connectivity index (χ4n) is 1.21. The first-order valence-corrected chi connectivity index (χ1v) is 5.01. The first kappa shape index (κ1) is 10.9. The molecule has 1 aromatic carbocycles. The average molecular weight is 257 g/mol. The Morgan fingerprint density at radius 2 is 1.94 bits per heavy atom. The molecule has 16 heavy (non-hydrogen) atoms. The largest absolute Gasteiger partial charge is 0.368 e. The van der Waals surface area contributed by atoms with Gasteiger partial charge in [0.05, 0.1) is 15.6 Å². The minimum atomic E-state index is -0.509. The monoisotopic (exact) mass is 256 g/mol. The molecule has 0 saturated heterocycles. The number of rotatable bonds is 1. The third-order valence-electron chi connectivity index (χ3n) is 1.94. The number of hydrogen-bond donors (Lipinski definition) is 1. The highest BCUT2D eigenvalue weighted by Crippen LogP contribution is 2.25. The van der Waals surface area contributed by atoms with E-state index in [0.717, 1.165) is 4.68 Å². The summed E-state index contributed by atoms with van der Waals surface area (Å²) in [7, 11) is 0. The Balaban J connectivity index is 2.54. The van der Waals surface area contributed by atoms with E-state index in [2.05, 4.69) is 10.1 Å². The molecule has 0 unspecified atom stereocenters. The topological polar surface area (TPSA) is 73.8 Å². The highest BCUT2D eigenvalue weighted by Gasteiger charge is 2.18. The van der Waals surface area contributed by atoms with E-state index in [0.29, 0.717) is 0 Å². The van der Waals surface area contributed by atoms with E-state index in [1.165, 1.54) is 6.33 Å². The van der Waals surface area contributed by atoms with Crippen molar-refractivity contribution in [1.29, 1.82) is 0 Å². The zero-order chi connectivity index (χ0) is 11.7. The molecule has 5 nitrogen and oxygen atoms in total. The van der Waals surface area contributed by atoms with Crippen LogP contribution in [0.3, 0.4) is 0 Å². The molecule has 82 valence electrons. The summed E-state index contributed by atoms with van der Waals surface area (Å²) < 4.78 is 0.938. The normalized spacial score (nSPS) is 10.4. The quantitative estimate of drug-likeness (QED) is 0.846. The lowest BCUT2D eigenvalue weighted by Crippen LogP contribution is -2.17. The molecule has 0 bridgehead atoms. The van der Waals surface area contributed by atoms with Gasteiger partial charge >= 0.3 is 0 Å². The van der Waals surface area contributed by atoms with Gasteiger partial charge in [0.2, 0.25) is 5.95 Å². The van der Waals surface area contributed by atoms with Crippen LogP contribution in [-0.4, -0.2) is 20.7 Å². The van der Waals surface area contributed by atoms with Crippen LogP contribution in [0.15, 0.2) is 24.5 Å². The van der Waals surface area contributed by atoms with Crippen LogP contribution in [0.4, 0.5) is 5.95 Å². The fraction of sp³-hybridized carbons (Fsp3) is 0. The minimum Gasteiger partial charge on any atom is -0.368 e. The number of nitrogens with two attached hydrogens (primary N) is 1. The maximum Gasteiger partial charge on any atom is 0.284 e. The molecule has 7 heteroatoms. The highest BCUT2D eigenvalue weighted by molar-refractivity contribution is 6.39. The van der Waals surface area contributed by atoms with Gasteiger partial charge in [0.25, 0.3) is 5.91 Å². The first-order chi connectivity index (χ1) is 7.61. The SMILES string of the molecule is Nc1ncnn1C(=O)c1c(Cl)cccc1Cl. The van der Waals surface area contributed by atoms with Gasteiger partial charge in [-0.2, -0.15) is 14.8 Å². The van der Waals surface area contributed by atoms with Crippen LogP contribution >= 0.6 is 23.2 Å². The van der Waals surface area contributed by atoms with Crippen molar-refractivity contribution in [3.8, 4) is 0 Å². The lowest BCUT2D eigenvalue weighted by Gasteiger charge is -2.05. The Labute approximate surface area is 101 Å². The van der Waals surface area contributed by atoms with Gasteiger partial charge in [-0.05, 0) is 12.1 Å². The number of nitrogen functional groups attached to an aromatic ring is 1. The van der Waals surface area contributed by atoms with Gasteiger partial charge in [-0.3, -0.25) is 4.79 Å². The Morgan fingerprint density at radius 1 is 1.31 bits per heavy atom. The standard InChI is InChI=1S/C9H6Cl2N4O/c10-5-2-1-3-6(11)7(5)8(16)15-9(12)13-4-14-15/h1-4H,(H2,12,13,14). The number of carbonyl (C=O) groups excluding carboxylic acids is 1. The summed E-state index contributed by atoms with van der Waals surface area (Å²) in [4.78, 5) is 15.6. The van der Waals surface area contributed by atoms with Crippen LogP contribution in [0.25, 0.3) is 0 Å². The molecular weight excluding hydrogens is 251 g/mol. The number of nitrogens with zero attached hydrogens (tertiary/aromatic N) is 3. The summed E-state index contributed by atoms with van der Waals surface area (Å²) in [6, 6.07) is 4.77. The van der Waals surface area contributed by atoms with Crippen molar-refractivity contribution in [2.24, 2.45) is 0 Å². The molecule has 2 aromatic rings. The first-order valence-electron chi connectivity index (χ1n) is 4.25. The summed E-state index contributed by atoms with van der Waals surface area (Å²) in [6.07, 6.45) is 1.18. The van der Waals surface area contributed by atoms with Crippen LogP contribution in [0, 0.1) is 0 Å². The molecule has 0 amide bonds. The second-order valence-electron chi connectivity index (χ2n) is 2.93. The molecule has 0 aliphatic heterocycles. The van der Waals surface area contributed by atoms with E-state index >= 15 is 0 Å². The van der Waals surface area contributed by atoms with E-state index in [9.17, 15) is 4.79 Å². The zero-order valence-electron chi connectivity index (χ0n) is 7.89. The van der Waals surface area contributed by atoms with Crippen molar-refractivity contribution < 1.29 is 4.79 Å². The summed E-state index contributed by atoms with van der Waals surface area (Å²) in [5, 5.41) is 4.17. The lowest BCUT2D eigenvalue weighted by atomic mass is 10.2. The Hall–Kier alpha value is -1.59. The van der Waals surface area contributed by atoms with Crippen LogP contribution in [0.1, 0.15) is 10.4 Å². The molecule has 0 saturated carbocycles. The zero-order valence-corrected chi connectivity index (χ0v) is 9.40. The predicted molar refractivity (Wildman–Crippen MR) is 60.6 cm³/mol. The van der Waals surface area contributed by atoms with Gasteiger partial charge in [-0.15, -0.1) is 0 Å². The van der Waals surface area contributed by atoms with Crippen LogP contribution < -0.4 is 5.73 Å². The van der Waals surface area contributed by atoms with Crippen molar-refractivity contribution in [2.75, 3.05) is 5.73 Å². The summed E-state index contributed by atoms with van der Waals surface area (Å²) in [5.74, 6) is -0.522.